The second kappa shape index (κ2) is 8.73. The zero-order chi connectivity index (χ0) is 25.5. The Morgan fingerprint density at radius 3 is 2.23 bits per heavy atom. The highest BCUT2D eigenvalue weighted by Crippen LogP contribution is 2.36. The number of carboxylic acid groups (broad SMARTS) is 1. The van der Waals surface area contributed by atoms with Crippen LogP contribution in [0.1, 0.15) is 21.6 Å². The van der Waals surface area contributed by atoms with E-state index in [-0.39, 0.29) is 17.0 Å². The van der Waals surface area contributed by atoms with Gasteiger partial charge in [-0.3, -0.25) is 9.69 Å². The Morgan fingerprint density at radius 2 is 1.71 bits per heavy atom. The number of hydrogen-bond acceptors (Lipinski definition) is 7. The average Bonchev–Trinajstić information content (AvgIpc) is 3.15. The first kappa shape index (κ1) is 23.7. The fraction of sp³-hybridized carbons (Fsp3) is 0.200. The van der Waals surface area contributed by atoms with Gasteiger partial charge >= 0.3 is 5.97 Å². The maximum absolute atomic E-state index is 13.2. The number of phenols is 1. The number of hydrogen-bond donors (Lipinski definition) is 3. The van der Waals surface area contributed by atoms with Crippen molar-refractivity contribution in [2.45, 2.75) is 12.6 Å². The molecule has 2 heterocycles. The monoisotopic (exact) mass is 475 g/mol. The van der Waals surface area contributed by atoms with Crippen molar-refractivity contribution in [3.05, 3.63) is 71.4 Å². The van der Waals surface area contributed by atoms with E-state index in [0.29, 0.717) is 33.7 Å². The molecular formula is C25H25N5O5. The smallest absolute Gasteiger partial charge is 0.336 e. The number of phenolic OH excluding ortho intramolecular Hbond substituents is 1. The fourth-order valence-corrected chi connectivity index (χ4v) is 4.32. The normalized spacial score (nSPS) is 13.1. The third-order valence-electron chi connectivity index (χ3n) is 6.00. The number of pyridine rings is 1. The molecule has 2 aromatic carbocycles. The number of aromatic carboxylic acids is 1. The SMILES string of the molecule is COc1ccc(C(C(N)=O)(N(C)C)n2nc(C)c3c(C(=O)O)cc(-c4ccc(O)cc4)nc32)cc1. The molecule has 0 spiro atoms. The molecule has 35 heavy (non-hydrogen) atoms. The van der Waals surface area contributed by atoms with Crippen molar-refractivity contribution in [1.29, 1.82) is 0 Å². The van der Waals surface area contributed by atoms with Crippen molar-refractivity contribution in [2.75, 3.05) is 21.2 Å². The number of ether oxygens (including phenoxy) is 1. The Hall–Kier alpha value is -4.44. The number of amides is 1. The molecule has 10 nitrogen and oxygen atoms in total. The van der Waals surface area contributed by atoms with E-state index >= 15 is 0 Å². The molecule has 1 amide bonds. The molecule has 2 aromatic heterocycles. The van der Waals surface area contributed by atoms with Crippen LogP contribution in [-0.2, 0) is 10.5 Å². The number of fused-ring (bicyclic) bond motifs is 1. The molecule has 4 N–H and O–H groups in total. The standard InChI is InChI=1S/C25H25N5O5/c1-14-21-19(23(32)33)13-20(15-5-9-17(31)10-6-15)27-22(21)30(28-14)25(24(26)34,29(2)3)16-7-11-18(35-4)12-8-16/h5-13,31H,1-4H3,(H2,26,34)(H,32,33). The highest BCUT2D eigenvalue weighted by atomic mass is 16.5. The molecule has 4 aromatic rings. The first-order valence-electron chi connectivity index (χ1n) is 10.7. The van der Waals surface area contributed by atoms with Gasteiger partial charge in [0, 0.05) is 11.1 Å². The number of rotatable bonds is 7. The maximum atomic E-state index is 13.2. The van der Waals surface area contributed by atoms with Crippen molar-refractivity contribution < 1.29 is 24.5 Å². The molecule has 0 aliphatic heterocycles. The van der Waals surface area contributed by atoms with Gasteiger partial charge in [0.1, 0.15) is 11.5 Å². The number of aromatic hydroxyl groups is 1. The average molecular weight is 476 g/mol. The number of aryl methyl sites for hydroxylation is 1. The first-order valence-corrected chi connectivity index (χ1v) is 10.7. The van der Waals surface area contributed by atoms with Gasteiger partial charge in [-0.05, 0) is 63.5 Å². The lowest BCUT2D eigenvalue weighted by Gasteiger charge is -2.37. The number of benzene rings is 2. The van der Waals surface area contributed by atoms with Crippen LogP contribution >= 0.6 is 0 Å². The molecule has 0 fully saturated rings. The summed E-state index contributed by atoms with van der Waals surface area (Å²) in [7, 11) is 4.90. The van der Waals surface area contributed by atoms with E-state index in [2.05, 4.69) is 5.10 Å². The lowest BCUT2D eigenvalue weighted by Crippen LogP contribution is -2.57. The van der Waals surface area contributed by atoms with E-state index in [1.54, 1.807) is 62.3 Å². The van der Waals surface area contributed by atoms with E-state index in [1.807, 2.05) is 0 Å². The van der Waals surface area contributed by atoms with Gasteiger partial charge in [-0.25, -0.2) is 14.5 Å². The van der Waals surface area contributed by atoms with E-state index in [0.717, 1.165) is 0 Å². The lowest BCUT2D eigenvalue weighted by molar-refractivity contribution is -0.131. The summed E-state index contributed by atoms with van der Waals surface area (Å²) in [6.07, 6.45) is 0. The van der Waals surface area contributed by atoms with Crippen LogP contribution in [0.25, 0.3) is 22.3 Å². The maximum Gasteiger partial charge on any atom is 0.336 e. The van der Waals surface area contributed by atoms with E-state index in [1.165, 1.54) is 30.0 Å². The summed E-state index contributed by atoms with van der Waals surface area (Å²) in [6, 6.07) is 14.5. The van der Waals surface area contributed by atoms with Crippen LogP contribution in [0.2, 0.25) is 0 Å². The lowest BCUT2D eigenvalue weighted by atomic mass is 9.96. The summed E-state index contributed by atoms with van der Waals surface area (Å²) in [5, 5.41) is 24.6. The van der Waals surface area contributed by atoms with Gasteiger partial charge in [0.05, 0.1) is 29.4 Å². The van der Waals surface area contributed by atoms with E-state index in [4.69, 9.17) is 15.5 Å². The quantitative estimate of drug-likeness (QED) is 0.370. The number of primary amides is 1. The number of nitrogens with two attached hydrogens (primary N) is 1. The molecule has 0 radical (unpaired) electrons. The summed E-state index contributed by atoms with van der Waals surface area (Å²) in [5.41, 5.74) is 6.34. The minimum absolute atomic E-state index is 0.0197. The van der Waals surface area contributed by atoms with Gasteiger partial charge in [-0.2, -0.15) is 5.10 Å². The third kappa shape index (κ3) is 3.73. The molecule has 0 aliphatic carbocycles. The Morgan fingerprint density at radius 1 is 1.09 bits per heavy atom. The molecule has 1 unspecified atom stereocenters. The largest absolute Gasteiger partial charge is 0.508 e. The third-order valence-corrected chi connectivity index (χ3v) is 6.00. The molecule has 0 saturated carbocycles. The summed E-state index contributed by atoms with van der Waals surface area (Å²) >= 11 is 0. The minimum Gasteiger partial charge on any atom is -0.508 e. The number of carboxylic acids is 1. The van der Waals surface area contributed by atoms with Crippen LogP contribution in [-0.4, -0.2) is 63.0 Å². The van der Waals surface area contributed by atoms with Crippen LogP contribution in [0.4, 0.5) is 0 Å². The molecule has 0 saturated heterocycles. The predicted molar refractivity (Wildman–Crippen MR) is 129 cm³/mol. The van der Waals surface area contributed by atoms with Crippen molar-refractivity contribution in [1.82, 2.24) is 19.7 Å². The van der Waals surface area contributed by atoms with Crippen LogP contribution in [0.5, 0.6) is 11.5 Å². The molecular weight excluding hydrogens is 450 g/mol. The van der Waals surface area contributed by atoms with Crippen molar-refractivity contribution in [3.63, 3.8) is 0 Å². The van der Waals surface area contributed by atoms with E-state index in [9.17, 15) is 19.8 Å². The van der Waals surface area contributed by atoms with Gasteiger partial charge in [0.15, 0.2) is 5.65 Å². The number of nitrogens with zero attached hydrogens (tertiary/aromatic N) is 4. The zero-order valence-corrected chi connectivity index (χ0v) is 19.7. The van der Waals surface area contributed by atoms with Crippen LogP contribution in [0.3, 0.4) is 0 Å². The second-order valence-corrected chi connectivity index (χ2v) is 8.26. The van der Waals surface area contributed by atoms with Gasteiger partial charge in [0.2, 0.25) is 5.66 Å². The number of aromatic nitrogens is 3. The highest BCUT2D eigenvalue weighted by Gasteiger charge is 2.46. The summed E-state index contributed by atoms with van der Waals surface area (Å²) < 4.78 is 6.62. The Labute approximate surface area is 201 Å². The molecule has 4 rings (SSSR count). The fourth-order valence-electron chi connectivity index (χ4n) is 4.32. The molecule has 10 heteroatoms. The minimum atomic E-state index is -1.63. The van der Waals surface area contributed by atoms with Gasteiger partial charge in [-0.15, -0.1) is 0 Å². The van der Waals surface area contributed by atoms with E-state index < -0.39 is 17.5 Å². The molecule has 180 valence electrons. The topological polar surface area (TPSA) is 144 Å². The predicted octanol–water partition coefficient (Wildman–Crippen LogP) is 2.57. The van der Waals surface area contributed by atoms with Crippen LogP contribution in [0.15, 0.2) is 54.6 Å². The summed E-state index contributed by atoms with van der Waals surface area (Å²) in [6.45, 7) is 1.66. The first-order chi connectivity index (χ1) is 16.6. The highest BCUT2D eigenvalue weighted by molar-refractivity contribution is 6.04. The molecule has 1 atom stereocenters. The van der Waals surface area contributed by atoms with Gasteiger partial charge in [-0.1, -0.05) is 12.1 Å². The summed E-state index contributed by atoms with van der Waals surface area (Å²) in [5.74, 6) is -1.24. The van der Waals surface area contributed by atoms with Crippen molar-refractivity contribution >= 4 is 22.9 Å². The number of methoxy groups -OCH3 is 1. The van der Waals surface area contributed by atoms with Crippen LogP contribution < -0.4 is 10.5 Å². The molecule has 0 aliphatic rings. The number of carbonyl (C=O) groups is 2. The summed E-state index contributed by atoms with van der Waals surface area (Å²) in [4.78, 5) is 31.8. The Bertz CT molecular complexity index is 1430. The Balaban J connectivity index is 2.11. The van der Waals surface area contributed by atoms with Crippen molar-refractivity contribution in [2.24, 2.45) is 5.73 Å². The van der Waals surface area contributed by atoms with Crippen LogP contribution in [0, 0.1) is 6.92 Å². The van der Waals surface area contributed by atoms with Gasteiger partial charge in [0.25, 0.3) is 5.91 Å². The number of carbonyl (C=O) groups excluding carboxylic acids is 1. The van der Waals surface area contributed by atoms with Gasteiger partial charge < -0.3 is 20.7 Å². The van der Waals surface area contributed by atoms with Crippen molar-refractivity contribution in [3.8, 4) is 22.8 Å². The second-order valence-electron chi connectivity index (χ2n) is 8.26. The zero-order valence-electron chi connectivity index (χ0n) is 19.7. The Kier molecular flexibility index (Phi) is 5.91. The number of likely N-dealkylation sites (N-methyl/N-ethyl adjacent to an activating group) is 1. The molecule has 0 bridgehead atoms.